The van der Waals surface area contributed by atoms with Gasteiger partial charge in [-0.15, -0.1) is 0 Å². The monoisotopic (exact) mass is 487 g/mol. The molecule has 0 radical (unpaired) electrons. The summed E-state index contributed by atoms with van der Waals surface area (Å²) < 4.78 is 48.4. The van der Waals surface area contributed by atoms with Crippen LogP contribution in [0, 0.1) is 0 Å². The van der Waals surface area contributed by atoms with Crippen LogP contribution in [-0.4, -0.2) is 24.3 Å². The number of carbonyl (C=O) groups excluding carboxylic acids is 1. The van der Waals surface area contributed by atoms with Gasteiger partial charge >= 0.3 is 18.2 Å². The third-order valence-corrected chi connectivity index (χ3v) is 5.45. The van der Waals surface area contributed by atoms with Crippen LogP contribution in [-0.2, 0) is 28.9 Å². The maximum atomic E-state index is 12.7. The Bertz CT molecular complexity index is 1190. The van der Waals surface area contributed by atoms with E-state index in [4.69, 9.17) is 9.47 Å². The summed E-state index contributed by atoms with van der Waals surface area (Å²) in [6, 6.07) is 16.9. The van der Waals surface area contributed by atoms with Gasteiger partial charge in [0.15, 0.2) is 0 Å². The van der Waals surface area contributed by atoms with Crippen molar-refractivity contribution in [3.05, 3.63) is 89.0 Å². The zero-order valence-electron chi connectivity index (χ0n) is 19.1. The van der Waals surface area contributed by atoms with E-state index in [0.29, 0.717) is 22.4 Å². The van der Waals surface area contributed by atoms with Crippen LogP contribution in [0.3, 0.4) is 0 Å². The first kappa shape index (κ1) is 25.6. The minimum Gasteiger partial charge on any atom is -0.496 e. The number of methoxy groups -OCH3 is 1. The molecule has 3 rings (SSSR count). The first-order chi connectivity index (χ1) is 16.6. The number of hydrogen-bond acceptors (Lipinski definition) is 4. The van der Waals surface area contributed by atoms with Crippen molar-refractivity contribution < 1.29 is 37.3 Å². The second-order valence-electron chi connectivity index (χ2n) is 7.84. The molecule has 0 spiro atoms. The van der Waals surface area contributed by atoms with Crippen molar-refractivity contribution in [2.24, 2.45) is 0 Å². The number of aliphatic carboxylic acids is 1. The Morgan fingerprint density at radius 1 is 1.00 bits per heavy atom. The third-order valence-electron chi connectivity index (χ3n) is 5.45. The van der Waals surface area contributed by atoms with Gasteiger partial charge in [-0.05, 0) is 53.4 Å². The van der Waals surface area contributed by atoms with Gasteiger partial charge in [0.1, 0.15) is 12.4 Å². The number of benzene rings is 3. The number of carboxylic acids is 1. The number of ether oxygens (including phenoxy) is 2. The molecule has 0 bridgehead atoms. The number of halogens is 3. The van der Waals surface area contributed by atoms with Gasteiger partial charge in [0, 0.05) is 12.1 Å². The van der Waals surface area contributed by atoms with Gasteiger partial charge < -0.3 is 19.9 Å². The fraction of sp³-hybridized carbons (Fsp3) is 0.231. The molecule has 184 valence electrons. The summed E-state index contributed by atoms with van der Waals surface area (Å²) in [5, 5.41) is 11.9. The summed E-state index contributed by atoms with van der Waals surface area (Å²) in [7, 11) is 1.50. The molecule has 0 aliphatic rings. The van der Waals surface area contributed by atoms with E-state index in [-0.39, 0.29) is 13.2 Å². The van der Waals surface area contributed by atoms with Gasteiger partial charge in [-0.25, -0.2) is 4.79 Å². The first-order valence-electron chi connectivity index (χ1n) is 10.7. The topological polar surface area (TPSA) is 84.9 Å². The van der Waals surface area contributed by atoms with Crippen molar-refractivity contribution in [2.45, 2.75) is 32.2 Å². The number of nitrogens with one attached hydrogen (secondary N) is 1. The van der Waals surface area contributed by atoms with Gasteiger partial charge in [0.05, 0.1) is 18.6 Å². The lowest BCUT2D eigenvalue weighted by Crippen LogP contribution is -2.24. The molecule has 35 heavy (non-hydrogen) atoms. The van der Waals surface area contributed by atoms with E-state index >= 15 is 0 Å². The van der Waals surface area contributed by atoms with Gasteiger partial charge in [0.25, 0.3) is 0 Å². The van der Waals surface area contributed by atoms with Crippen LogP contribution >= 0.6 is 0 Å². The van der Waals surface area contributed by atoms with Crippen molar-refractivity contribution >= 4 is 12.1 Å². The Balaban J connectivity index is 1.66. The van der Waals surface area contributed by atoms with E-state index < -0.39 is 29.7 Å². The predicted octanol–water partition coefficient (Wildman–Crippen LogP) is 6.00. The Labute approximate surface area is 200 Å². The van der Waals surface area contributed by atoms with Crippen LogP contribution in [0.1, 0.15) is 35.1 Å². The van der Waals surface area contributed by atoms with E-state index in [1.807, 2.05) is 18.2 Å². The largest absolute Gasteiger partial charge is 0.496 e. The SMILES string of the molecule is COc1ccc(-c2cccc(C(C)C(=O)O)c2)cc1CNC(=O)OCc1ccc(C(F)(F)F)cc1. The molecule has 0 aliphatic carbocycles. The zero-order chi connectivity index (χ0) is 25.6. The Hall–Kier alpha value is -4.01. The summed E-state index contributed by atoms with van der Waals surface area (Å²) in [6.07, 6.45) is -5.17. The van der Waals surface area contributed by atoms with Crippen LogP contribution in [0.25, 0.3) is 11.1 Å². The lowest BCUT2D eigenvalue weighted by Gasteiger charge is -2.14. The van der Waals surface area contributed by atoms with Crippen molar-refractivity contribution in [3.8, 4) is 16.9 Å². The summed E-state index contributed by atoms with van der Waals surface area (Å²) in [6.45, 7) is 1.50. The van der Waals surface area contributed by atoms with Gasteiger partial charge in [0.2, 0.25) is 0 Å². The summed E-state index contributed by atoms with van der Waals surface area (Å²) in [4.78, 5) is 23.5. The van der Waals surface area contributed by atoms with Gasteiger partial charge in [-0.3, -0.25) is 4.79 Å². The van der Waals surface area contributed by atoms with E-state index in [1.54, 1.807) is 31.2 Å². The van der Waals surface area contributed by atoms with Gasteiger partial charge in [-0.1, -0.05) is 42.5 Å². The van der Waals surface area contributed by atoms with E-state index in [0.717, 1.165) is 23.3 Å². The number of alkyl halides is 3. The lowest BCUT2D eigenvalue weighted by molar-refractivity contribution is -0.138. The molecule has 0 heterocycles. The maximum Gasteiger partial charge on any atom is 0.416 e. The molecule has 3 aromatic carbocycles. The zero-order valence-corrected chi connectivity index (χ0v) is 19.1. The highest BCUT2D eigenvalue weighted by atomic mass is 19.4. The molecule has 1 amide bonds. The fourth-order valence-corrected chi connectivity index (χ4v) is 3.38. The normalized spacial score (nSPS) is 12.0. The summed E-state index contributed by atoms with van der Waals surface area (Å²) in [5.74, 6) is -1.04. The highest BCUT2D eigenvalue weighted by Gasteiger charge is 2.29. The summed E-state index contributed by atoms with van der Waals surface area (Å²) in [5.41, 5.74) is 2.58. The minimum absolute atomic E-state index is 0.0775. The first-order valence-corrected chi connectivity index (χ1v) is 10.7. The van der Waals surface area contributed by atoms with Crippen LogP contribution in [0.5, 0.6) is 5.75 Å². The van der Waals surface area contributed by atoms with Crippen LogP contribution < -0.4 is 10.1 Å². The van der Waals surface area contributed by atoms with E-state index in [1.165, 1.54) is 19.2 Å². The number of rotatable bonds is 8. The Kier molecular flexibility index (Phi) is 8.01. The maximum absolute atomic E-state index is 12.7. The number of carboxylic acid groups (broad SMARTS) is 1. The molecular weight excluding hydrogens is 463 g/mol. The van der Waals surface area contributed by atoms with Gasteiger partial charge in [-0.2, -0.15) is 13.2 Å². The van der Waals surface area contributed by atoms with E-state index in [2.05, 4.69) is 5.32 Å². The number of alkyl carbamates (subject to hydrolysis) is 1. The summed E-state index contributed by atoms with van der Waals surface area (Å²) >= 11 is 0. The average molecular weight is 487 g/mol. The molecule has 0 saturated heterocycles. The molecule has 1 atom stereocenters. The van der Waals surface area contributed by atoms with Crippen LogP contribution in [0.2, 0.25) is 0 Å². The Morgan fingerprint density at radius 3 is 2.31 bits per heavy atom. The molecule has 0 fully saturated rings. The molecule has 2 N–H and O–H groups in total. The predicted molar refractivity (Wildman–Crippen MR) is 123 cm³/mol. The smallest absolute Gasteiger partial charge is 0.416 e. The second kappa shape index (κ2) is 10.9. The standard InChI is InChI=1S/C26H24F3NO5/c1-16(24(31)32)18-4-3-5-19(12-18)20-8-11-23(34-2)21(13-20)14-30-25(33)35-15-17-6-9-22(10-7-17)26(27,28)29/h3-13,16H,14-15H2,1-2H3,(H,30,33)(H,31,32). The van der Waals surface area contributed by atoms with Crippen LogP contribution in [0.15, 0.2) is 66.7 Å². The minimum atomic E-state index is -4.43. The van der Waals surface area contributed by atoms with Crippen molar-refractivity contribution in [3.63, 3.8) is 0 Å². The molecule has 1 unspecified atom stereocenters. The molecule has 0 aromatic heterocycles. The Morgan fingerprint density at radius 2 is 1.69 bits per heavy atom. The fourth-order valence-electron chi connectivity index (χ4n) is 3.38. The molecule has 0 saturated carbocycles. The van der Waals surface area contributed by atoms with Crippen LogP contribution in [0.4, 0.5) is 18.0 Å². The van der Waals surface area contributed by atoms with Crippen molar-refractivity contribution in [2.75, 3.05) is 7.11 Å². The number of carbonyl (C=O) groups is 2. The third kappa shape index (κ3) is 6.75. The molecule has 3 aromatic rings. The second-order valence-corrected chi connectivity index (χ2v) is 7.84. The molecule has 6 nitrogen and oxygen atoms in total. The lowest BCUT2D eigenvalue weighted by atomic mass is 9.95. The van der Waals surface area contributed by atoms with E-state index in [9.17, 15) is 27.9 Å². The quantitative estimate of drug-likeness (QED) is 0.407. The van der Waals surface area contributed by atoms with Crippen molar-refractivity contribution in [1.82, 2.24) is 5.32 Å². The highest BCUT2D eigenvalue weighted by molar-refractivity contribution is 5.77. The molecule has 9 heteroatoms. The highest BCUT2D eigenvalue weighted by Crippen LogP contribution is 2.30. The number of hydrogen-bond donors (Lipinski definition) is 2. The number of amides is 1. The average Bonchev–Trinajstić information content (AvgIpc) is 2.85. The molecular formula is C26H24F3NO5. The molecule has 0 aliphatic heterocycles. The van der Waals surface area contributed by atoms with Crippen molar-refractivity contribution in [1.29, 1.82) is 0 Å².